The maximum atomic E-state index is 12.9. The third kappa shape index (κ3) is 4.47. The van der Waals surface area contributed by atoms with Crippen LogP contribution in [0.25, 0.3) is 0 Å². The van der Waals surface area contributed by atoms with Crippen molar-refractivity contribution < 1.29 is 24.5 Å². The molecule has 0 saturated heterocycles. The SMILES string of the molecule is CC[C@@](O)(CCCO)CNC(=O)c1ccc(F)c(O)c1. The van der Waals surface area contributed by atoms with E-state index in [0.717, 1.165) is 12.1 Å². The van der Waals surface area contributed by atoms with Gasteiger partial charge >= 0.3 is 0 Å². The molecule has 1 aromatic rings. The van der Waals surface area contributed by atoms with Crippen molar-refractivity contribution in [2.24, 2.45) is 0 Å². The van der Waals surface area contributed by atoms with Crippen LogP contribution >= 0.6 is 0 Å². The summed E-state index contributed by atoms with van der Waals surface area (Å²) in [5.74, 6) is -1.89. The van der Waals surface area contributed by atoms with Crippen LogP contribution in [0.3, 0.4) is 0 Å². The molecule has 112 valence electrons. The fourth-order valence-electron chi connectivity index (χ4n) is 1.80. The average molecular weight is 285 g/mol. The Balaban J connectivity index is 2.63. The number of rotatable bonds is 7. The Hall–Kier alpha value is -1.66. The molecule has 5 nitrogen and oxygen atoms in total. The van der Waals surface area contributed by atoms with E-state index in [1.165, 1.54) is 6.07 Å². The van der Waals surface area contributed by atoms with Crippen molar-refractivity contribution in [2.45, 2.75) is 31.8 Å². The maximum Gasteiger partial charge on any atom is 0.251 e. The number of aromatic hydroxyl groups is 1. The van der Waals surface area contributed by atoms with E-state index in [-0.39, 0.29) is 18.7 Å². The number of aliphatic hydroxyl groups excluding tert-OH is 1. The van der Waals surface area contributed by atoms with E-state index < -0.39 is 23.1 Å². The predicted molar refractivity (Wildman–Crippen MR) is 72.0 cm³/mol. The number of nitrogens with one attached hydrogen (secondary N) is 1. The molecule has 0 fully saturated rings. The van der Waals surface area contributed by atoms with Crippen molar-refractivity contribution in [1.29, 1.82) is 0 Å². The number of amides is 1. The third-order valence-electron chi connectivity index (χ3n) is 3.24. The van der Waals surface area contributed by atoms with Crippen LogP contribution in [0.2, 0.25) is 0 Å². The Labute approximate surface area is 117 Å². The van der Waals surface area contributed by atoms with Gasteiger partial charge in [0.15, 0.2) is 11.6 Å². The van der Waals surface area contributed by atoms with Crippen LogP contribution in [0.4, 0.5) is 4.39 Å². The summed E-state index contributed by atoms with van der Waals surface area (Å²) >= 11 is 0. The number of aliphatic hydroxyl groups is 2. The number of benzene rings is 1. The molecular weight excluding hydrogens is 265 g/mol. The highest BCUT2D eigenvalue weighted by molar-refractivity contribution is 5.94. The molecule has 1 atom stereocenters. The molecule has 0 spiro atoms. The van der Waals surface area contributed by atoms with Gasteiger partial charge in [-0.15, -0.1) is 0 Å². The molecule has 1 rings (SSSR count). The van der Waals surface area contributed by atoms with E-state index in [1.54, 1.807) is 6.92 Å². The number of carbonyl (C=O) groups is 1. The maximum absolute atomic E-state index is 12.9. The lowest BCUT2D eigenvalue weighted by Gasteiger charge is -2.26. The second-order valence-electron chi connectivity index (χ2n) is 4.75. The summed E-state index contributed by atoms with van der Waals surface area (Å²) in [5.41, 5.74) is -0.968. The van der Waals surface area contributed by atoms with Crippen LogP contribution in [0, 0.1) is 5.82 Å². The predicted octanol–water partition coefficient (Wildman–Crippen LogP) is 1.17. The van der Waals surface area contributed by atoms with Crippen LogP contribution in [-0.2, 0) is 0 Å². The highest BCUT2D eigenvalue weighted by Gasteiger charge is 2.25. The van der Waals surface area contributed by atoms with Crippen LogP contribution in [0.1, 0.15) is 36.5 Å². The van der Waals surface area contributed by atoms with Crippen molar-refractivity contribution in [1.82, 2.24) is 5.32 Å². The average Bonchev–Trinajstić information content (AvgIpc) is 2.45. The molecule has 6 heteroatoms. The Morgan fingerprint density at radius 1 is 1.45 bits per heavy atom. The zero-order chi connectivity index (χ0) is 15.2. The third-order valence-corrected chi connectivity index (χ3v) is 3.24. The summed E-state index contributed by atoms with van der Waals surface area (Å²) in [6, 6.07) is 3.29. The molecule has 0 unspecified atom stereocenters. The summed E-state index contributed by atoms with van der Waals surface area (Å²) in [6.07, 6.45) is 1.24. The molecule has 20 heavy (non-hydrogen) atoms. The van der Waals surface area contributed by atoms with Crippen molar-refractivity contribution in [2.75, 3.05) is 13.2 Å². The Morgan fingerprint density at radius 3 is 2.70 bits per heavy atom. The highest BCUT2D eigenvalue weighted by atomic mass is 19.1. The number of phenolic OH excluding ortho intramolecular Hbond substituents is 1. The van der Waals surface area contributed by atoms with Crippen molar-refractivity contribution in [3.8, 4) is 5.75 Å². The summed E-state index contributed by atoms with van der Waals surface area (Å²) in [5, 5.41) is 30.7. The van der Waals surface area contributed by atoms with Gasteiger partial charge in [0.1, 0.15) is 0 Å². The van der Waals surface area contributed by atoms with Gasteiger partial charge in [-0.1, -0.05) is 6.92 Å². The van der Waals surface area contributed by atoms with Gasteiger partial charge in [0.25, 0.3) is 5.91 Å². The minimum absolute atomic E-state index is 0.0257. The lowest BCUT2D eigenvalue weighted by atomic mass is 9.94. The molecule has 0 aromatic heterocycles. The van der Waals surface area contributed by atoms with Crippen molar-refractivity contribution >= 4 is 5.91 Å². The summed E-state index contributed by atoms with van der Waals surface area (Å²) in [7, 11) is 0. The Morgan fingerprint density at radius 2 is 2.15 bits per heavy atom. The zero-order valence-corrected chi connectivity index (χ0v) is 11.4. The van der Waals surface area contributed by atoms with E-state index in [2.05, 4.69) is 5.32 Å². The fourth-order valence-corrected chi connectivity index (χ4v) is 1.80. The van der Waals surface area contributed by atoms with Gasteiger partial charge in [-0.25, -0.2) is 4.39 Å². The van der Waals surface area contributed by atoms with Gasteiger partial charge in [0.05, 0.1) is 5.60 Å². The zero-order valence-electron chi connectivity index (χ0n) is 11.4. The molecule has 0 radical (unpaired) electrons. The first kappa shape index (κ1) is 16.4. The van der Waals surface area contributed by atoms with E-state index in [1.807, 2.05) is 0 Å². The van der Waals surface area contributed by atoms with Gasteiger partial charge in [0, 0.05) is 18.7 Å². The summed E-state index contributed by atoms with van der Waals surface area (Å²) < 4.78 is 12.9. The van der Waals surface area contributed by atoms with E-state index in [0.29, 0.717) is 19.3 Å². The van der Waals surface area contributed by atoms with Crippen LogP contribution < -0.4 is 5.32 Å². The molecule has 1 amide bonds. The van der Waals surface area contributed by atoms with Gasteiger partial charge in [0.2, 0.25) is 0 Å². The first-order valence-electron chi connectivity index (χ1n) is 6.52. The van der Waals surface area contributed by atoms with Crippen LogP contribution in [0.15, 0.2) is 18.2 Å². The topological polar surface area (TPSA) is 89.8 Å². The molecule has 4 N–H and O–H groups in total. The number of hydrogen-bond donors (Lipinski definition) is 4. The summed E-state index contributed by atoms with van der Waals surface area (Å²) in [4.78, 5) is 11.8. The normalized spacial score (nSPS) is 13.8. The van der Waals surface area contributed by atoms with E-state index in [9.17, 15) is 19.4 Å². The molecule has 1 aromatic carbocycles. The first-order chi connectivity index (χ1) is 9.41. The molecule has 0 bridgehead atoms. The van der Waals surface area contributed by atoms with E-state index in [4.69, 9.17) is 5.11 Å². The van der Waals surface area contributed by atoms with Gasteiger partial charge in [-0.3, -0.25) is 4.79 Å². The number of carbonyl (C=O) groups excluding carboxylic acids is 1. The Kier molecular flexibility index (Phi) is 5.91. The second-order valence-corrected chi connectivity index (χ2v) is 4.75. The van der Waals surface area contributed by atoms with Crippen molar-refractivity contribution in [3.05, 3.63) is 29.6 Å². The minimum atomic E-state index is -1.08. The molecule has 0 aliphatic heterocycles. The smallest absolute Gasteiger partial charge is 0.251 e. The summed E-state index contributed by atoms with van der Waals surface area (Å²) in [6.45, 7) is 1.79. The number of halogens is 1. The van der Waals surface area contributed by atoms with Gasteiger partial charge in [-0.2, -0.15) is 0 Å². The number of hydrogen-bond acceptors (Lipinski definition) is 4. The first-order valence-corrected chi connectivity index (χ1v) is 6.52. The monoisotopic (exact) mass is 285 g/mol. The Bertz CT molecular complexity index is 466. The van der Waals surface area contributed by atoms with Gasteiger partial charge in [-0.05, 0) is 37.5 Å². The molecule has 0 aliphatic rings. The lowest BCUT2D eigenvalue weighted by Crippen LogP contribution is -2.42. The minimum Gasteiger partial charge on any atom is -0.505 e. The lowest BCUT2D eigenvalue weighted by molar-refractivity contribution is 0.0212. The van der Waals surface area contributed by atoms with Crippen molar-refractivity contribution in [3.63, 3.8) is 0 Å². The van der Waals surface area contributed by atoms with Gasteiger partial charge < -0.3 is 20.6 Å². The second kappa shape index (κ2) is 7.21. The van der Waals surface area contributed by atoms with Crippen LogP contribution in [-0.4, -0.2) is 40.0 Å². The van der Waals surface area contributed by atoms with Crippen LogP contribution in [0.5, 0.6) is 5.75 Å². The molecule has 0 heterocycles. The largest absolute Gasteiger partial charge is 0.505 e. The highest BCUT2D eigenvalue weighted by Crippen LogP contribution is 2.18. The molecular formula is C14H20FNO4. The fraction of sp³-hybridized carbons (Fsp3) is 0.500. The quantitative estimate of drug-likeness (QED) is 0.605. The molecule has 0 aliphatic carbocycles. The number of phenols is 1. The standard InChI is InChI=1S/C14H20FNO4/c1-2-14(20,6-3-7-17)9-16-13(19)10-4-5-11(15)12(18)8-10/h4-5,8,17-18,20H,2-3,6-7,9H2,1H3,(H,16,19)/t14-/m1/s1. The molecule has 0 saturated carbocycles. The van der Waals surface area contributed by atoms with E-state index >= 15 is 0 Å².